The van der Waals surface area contributed by atoms with Crippen molar-refractivity contribution in [3.63, 3.8) is 0 Å². The molecular formula is C13H22N4O. The number of carbonyl (C=O) groups is 1. The number of hydrogen-bond acceptors (Lipinski definition) is 3. The summed E-state index contributed by atoms with van der Waals surface area (Å²) in [5.74, 6) is 0.0196. The number of nitrogens with two attached hydrogens (primary N) is 1. The van der Waals surface area contributed by atoms with Gasteiger partial charge in [-0.25, -0.2) is 0 Å². The van der Waals surface area contributed by atoms with Crippen LogP contribution in [0.25, 0.3) is 0 Å². The highest BCUT2D eigenvalue weighted by Gasteiger charge is 2.36. The number of rotatable bonds is 5. The van der Waals surface area contributed by atoms with Crippen molar-refractivity contribution < 1.29 is 4.79 Å². The number of carbonyl (C=O) groups excluding carboxylic acids is 1. The summed E-state index contributed by atoms with van der Waals surface area (Å²) in [5, 5.41) is 7.06. The molecule has 5 heteroatoms. The molecule has 0 atom stereocenters. The molecule has 0 spiro atoms. The third-order valence-electron chi connectivity index (χ3n) is 3.63. The number of nitrogens with one attached hydrogen (secondary N) is 1. The highest BCUT2D eigenvalue weighted by molar-refractivity contribution is 5.86. The van der Waals surface area contributed by atoms with Gasteiger partial charge in [-0.15, -0.1) is 0 Å². The number of hydrogen-bond donors (Lipinski definition) is 2. The molecule has 1 aromatic rings. The maximum Gasteiger partial charge on any atom is 0.240 e. The molecule has 0 radical (unpaired) electrons. The van der Waals surface area contributed by atoms with Crippen LogP contribution >= 0.6 is 0 Å². The van der Waals surface area contributed by atoms with Crippen LogP contribution in [-0.2, 0) is 18.3 Å². The zero-order chi connectivity index (χ0) is 13.0. The van der Waals surface area contributed by atoms with Crippen molar-refractivity contribution in [2.45, 2.75) is 44.1 Å². The van der Waals surface area contributed by atoms with Gasteiger partial charge in [0.15, 0.2) is 0 Å². The van der Waals surface area contributed by atoms with Gasteiger partial charge in [0.05, 0.1) is 11.7 Å². The maximum absolute atomic E-state index is 11.9. The first kappa shape index (κ1) is 13.1. The van der Waals surface area contributed by atoms with Crippen molar-refractivity contribution in [1.82, 2.24) is 15.1 Å². The van der Waals surface area contributed by atoms with Crippen LogP contribution in [0.15, 0.2) is 12.4 Å². The Morgan fingerprint density at radius 1 is 1.56 bits per heavy atom. The Bertz CT molecular complexity index is 407. The average Bonchev–Trinajstić information content (AvgIpc) is 2.94. The minimum absolute atomic E-state index is 0.0196. The second-order valence-corrected chi connectivity index (χ2v) is 5.24. The summed E-state index contributed by atoms with van der Waals surface area (Å²) in [6.07, 6.45) is 9.51. The smallest absolute Gasteiger partial charge is 0.240 e. The van der Waals surface area contributed by atoms with Crippen molar-refractivity contribution in [3.05, 3.63) is 18.0 Å². The van der Waals surface area contributed by atoms with Crippen molar-refractivity contribution in [3.8, 4) is 0 Å². The third-order valence-corrected chi connectivity index (χ3v) is 3.63. The number of aromatic nitrogens is 2. The molecule has 0 saturated heterocycles. The molecule has 1 heterocycles. The molecule has 1 aliphatic rings. The van der Waals surface area contributed by atoms with Crippen LogP contribution in [0.5, 0.6) is 0 Å². The lowest BCUT2D eigenvalue weighted by Crippen LogP contribution is -2.52. The van der Waals surface area contributed by atoms with E-state index in [0.29, 0.717) is 6.54 Å². The lowest BCUT2D eigenvalue weighted by Gasteiger charge is -2.22. The molecule has 5 nitrogen and oxygen atoms in total. The Kier molecular flexibility index (Phi) is 4.01. The van der Waals surface area contributed by atoms with Crippen molar-refractivity contribution in [2.75, 3.05) is 6.54 Å². The largest absolute Gasteiger partial charge is 0.354 e. The van der Waals surface area contributed by atoms with E-state index in [-0.39, 0.29) is 5.91 Å². The molecule has 3 N–H and O–H groups in total. The van der Waals surface area contributed by atoms with Gasteiger partial charge < -0.3 is 11.1 Å². The van der Waals surface area contributed by atoms with Crippen molar-refractivity contribution in [1.29, 1.82) is 0 Å². The highest BCUT2D eigenvalue weighted by Crippen LogP contribution is 2.27. The van der Waals surface area contributed by atoms with E-state index in [2.05, 4.69) is 10.4 Å². The van der Waals surface area contributed by atoms with Crippen LogP contribution in [0.4, 0.5) is 0 Å². The van der Waals surface area contributed by atoms with E-state index in [1.165, 1.54) is 5.56 Å². The third kappa shape index (κ3) is 3.10. The summed E-state index contributed by atoms with van der Waals surface area (Å²) in [6, 6.07) is 0. The van der Waals surface area contributed by atoms with Crippen LogP contribution in [0.2, 0.25) is 0 Å². The highest BCUT2D eigenvalue weighted by atomic mass is 16.2. The van der Waals surface area contributed by atoms with Crippen LogP contribution in [0.1, 0.15) is 37.7 Å². The predicted octanol–water partition coefficient (Wildman–Crippen LogP) is 0.740. The van der Waals surface area contributed by atoms with E-state index in [1.807, 2.05) is 19.4 Å². The quantitative estimate of drug-likeness (QED) is 0.757. The molecule has 1 amide bonds. The van der Waals surface area contributed by atoms with Gasteiger partial charge in [0, 0.05) is 19.8 Å². The standard InChI is InChI=1S/C13H22N4O/c1-17-10-11(9-16-17)5-4-8-15-12(18)13(14)6-2-3-7-13/h9-10H,2-8,14H2,1H3,(H,15,18). The van der Waals surface area contributed by atoms with Crippen LogP contribution in [0, 0.1) is 0 Å². The minimum atomic E-state index is -0.603. The van der Waals surface area contributed by atoms with Gasteiger partial charge in [0.1, 0.15) is 0 Å². The fourth-order valence-corrected chi connectivity index (χ4v) is 2.50. The molecule has 0 unspecified atom stereocenters. The van der Waals surface area contributed by atoms with E-state index in [1.54, 1.807) is 4.68 Å². The molecule has 0 aromatic carbocycles. The molecule has 1 aromatic heterocycles. The van der Waals surface area contributed by atoms with Crippen LogP contribution in [-0.4, -0.2) is 27.8 Å². The fraction of sp³-hybridized carbons (Fsp3) is 0.692. The number of aryl methyl sites for hydroxylation is 2. The Balaban J connectivity index is 1.67. The normalized spacial score (nSPS) is 17.9. The predicted molar refractivity (Wildman–Crippen MR) is 69.9 cm³/mol. The lowest BCUT2D eigenvalue weighted by atomic mass is 9.98. The van der Waals surface area contributed by atoms with Crippen LogP contribution < -0.4 is 11.1 Å². The molecule has 1 aliphatic carbocycles. The monoisotopic (exact) mass is 250 g/mol. The molecule has 0 bridgehead atoms. The summed E-state index contributed by atoms with van der Waals surface area (Å²) < 4.78 is 1.79. The second kappa shape index (κ2) is 5.52. The first-order valence-electron chi connectivity index (χ1n) is 6.65. The minimum Gasteiger partial charge on any atom is -0.354 e. The van der Waals surface area contributed by atoms with Gasteiger partial charge in [0.25, 0.3) is 0 Å². The molecule has 18 heavy (non-hydrogen) atoms. The topological polar surface area (TPSA) is 72.9 Å². The van der Waals surface area contributed by atoms with E-state index in [9.17, 15) is 4.79 Å². The number of nitrogens with zero attached hydrogens (tertiary/aromatic N) is 2. The van der Waals surface area contributed by atoms with E-state index < -0.39 is 5.54 Å². The summed E-state index contributed by atoms with van der Waals surface area (Å²) in [7, 11) is 1.91. The maximum atomic E-state index is 11.9. The van der Waals surface area contributed by atoms with Gasteiger partial charge in [0.2, 0.25) is 5.91 Å². The molecule has 0 aliphatic heterocycles. The zero-order valence-corrected chi connectivity index (χ0v) is 11.0. The SMILES string of the molecule is Cn1cc(CCCNC(=O)C2(N)CCCC2)cn1. The van der Waals surface area contributed by atoms with Gasteiger partial charge in [-0.05, 0) is 31.2 Å². The molecule has 1 fully saturated rings. The van der Waals surface area contributed by atoms with Gasteiger partial charge in [-0.1, -0.05) is 12.8 Å². The van der Waals surface area contributed by atoms with E-state index in [0.717, 1.165) is 38.5 Å². The summed E-state index contributed by atoms with van der Waals surface area (Å²) in [6.45, 7) is 0.687. The first-order valence-corrected chi connectivity index (χ1v) is 6.65. The average molecular weight is 250 g/mol. The summed E-state index contributed by atoms with van der Waals surface area (Å²) in [4.78, 5) is 11.9. The Morgan fingerprint density at radius 3 is 2.89 bits per heavy atom. The van der Waals surface area contributed by atoms with Crippen molar-refractivity contribution in [2.24, 2.45) is 12.8 Å². The van der Waals surface area contributed by atoms with Crippen molar-refractivity contribution >= 4 is 5.91 Å². The zero-order valence-electron chi connectivity index (χ0n) is 11.0. The Labute approximate surface area is 108 Å². The first-order chi connectivity index (χ1) is 8.60. The summed E-state index contributed by atoms with van der Waals surface area (Å²) >= 11 is 0. The molecule has 2 rings (SSSR count). The van der Waals surface area contributed by atoms with E-state index >= 15 is 0 Å². The Hall–Kier alpha value is -1.36. The second-order valence-electron chi connectivity index (χ2n) is 5.24. The summed E-state index contributed by atoms with van der Waals surface area (Å²) in [5.41, 5.74) is 6.67. The van der Waals surface area contributed by atoms with E-state index in [4.69, 9.17) is 5.73 Å². The molecule has 100 valence electrons. The van der Waals surface area contributed by atoms with Gasteiger partial charge >= 0.3 is 0 Å². The Morgan fingerprint density at radius 2 is 2.28 bits per heavy atom. The van der Waals surface area contributed by atoms with Gasteiger partial charge in [-0.3, -0.25) is 9.48 Å². The fourth-order valence-electron chi connectivity index (χ4n) is 2.50. The molecular weight excluding hydrogens is 228 g/mol. The van der Waals surface area contributed by atoms with Gasteiger partial charge in [-0.2, -0.15) is 5.10 Å². The number of amides is 1. The lowest BCUT2D eigenvalue weighted by molar-refractivity contribution is -0.126. The van der Waals surface area contributed by atoms with Crippen LogP contribution in [0.3, 0.4) is 0 Å². The molecule has 1 saturated carbocycles.